The molecule has 3 amide bonds. The first-order valence-corrected chi connectivity index (χ1v) is 5.46. The third-order valence-electron chi connectivity index (χ3n) is 1.91. The maximum absolute atomic E-state index is 12.1. The van der Waals surface area contributed by atoms with Gasteiger partial charge in [-0.2, -0.15) is 0 Å². The lowest BCUT2D eigenvalue weighted by atomic mass is 10.1. The molecule has 22 heavy (non-hydrogen) atoms. The van der Waals surface area contributed by atoms with E-state index in [0.717, 1.165) is 0 Å². The van der Waals surface area contributed by atoms with Crippen LogP contribution in [0, 0.1) is 0 Å². The standard InChI is InChI=1S/C11H18N4O7/c1-5(11(21)22)14-10(20)6(2-9(18)19)15-8(17)4-13-7(16)3-12/h5-6H,2-4,12H2,1H3,(H,13,16)(H,14,20)(H,15,17)(H,18,19)(H,21,22)/t5-,6-/m0/s1/i3D2,4D2,5D,6D. The van der Waals surface area contributed by atoms with Gasteiger partial charge >= 0.3 is 11.9 Å². The predicted octanol–water partition coefficient (Wildman–Crippen LogP) is -3.39. The van der Waals surface area contributed by atoms with E-state index in [0.29, 0.717) is 6.92 Å². The molecule has 0 radical (unpaired) electrons. The minimum atomic E-state index is -3.44. The summed E-state index contributed by atoms with van der Waals surface area (Å²) in [6.07, 6.45) is -1.47. The third kappa shape index (κ3) is 7.79. The maximum Gasteiger partial charge on any atom is 0.325 e. The Morgan fingerprint density at radius 2 is 1.77 bits per heavy atom. The highest BCUT2D eigenvalue weighted by molar-refractivity contribution is 5.93. The molecule has 0 unspecified atom stereocenters. The molecule has 0 saturated carbocycles. The van der Waals surface area contributed by atoms with Gasteiger partial charge in [-0.1, -0.05) is 0 Å². The Balaban J connectivity index is 5.66. The first-order valence-electron chi connectivity index (χ1n) is 8.46. The molecule has 0 bridgehead atoms. The summed E-state index contributed by atoms with van der Waals surface area (Å²) >= 11 is 0. The van der Waals surface area contributed by atoms with Crippen molar-refractivity contribution in [2.75, 3.05) is 13.0 Å². The van der Waals surface area contributed by atoms with Gasteiger partial charge < -0.3 is 31.9 Å². The summed E-state index contributed by atoms with van der Waals surface area (Å²) in [5.41, 5.74) is 4.79. The van der Waals surface area contributed by atoms with Crippen LogP contribution in [-0.2, 0) is 24.0 Å². The van der Waals surface area contributed by atoms with Crippen LogP contribution in [0.25, 0.3) is 0 Å². The number of carboxylic acids is 2. The van der Waals surface area contributed by atoms with Gasteiger partial charge in [0.05, 0.1) is 27.6 Å². The van der Waals surface area contributed by atoms with E-state index in [2.05, 4.69) is 0 Å². The number of carbonyl (C=O) groups excluding carboxylic acids is 3. The second-order valence-corrected chi connectivity index (χ2v) is 3.61. The van der Waals surface area contributed by atoms with Crippen molar-refractivity contribution >= 4 is 29.7 Å². The summed E-state index contributed by atoms with van der Waals surface area (Å²) in [6.45, 7) is -5.84. The lowest BCUT2D eigenvalue weighted by molar-refractivity contribution is -0.143. The smallest absolute Gasteiger partial charge is 0.325 e. The second-order valence-electron chi connectivity index (χ2n) is 3.61. The van der Waals surface area contributed by atoms with Crippen molar-refractivity contribution in [3.05, 3.63) is 0 Å². The number of carbonyl (C=O) groups is 5. The molecule has 0 heterocycles. The van der Waals surface area contributed by atoms with Crippen molar-refractivity contribution in [1.29, 1.82) is 0 Å². The molecule has 2 atom stereocenters. The third-order valence-corrected chi connectivity index (χ3v) is 1.91. The summed E-state index contributed by atoms with van der Waals surface area (Å²) in [5, 5.41) is 21.8. The summed E-state index contributed by atoms with van der Waals surface area (Å²) in [7, 11) is 0. The van der Waals surface area contributed by atoms with Gasteiger partial charge in [-0.15, -0.1) is 0 Å². The van der Waals surface area contributed by atoms with Crippen LogP contribution in [0.5, 0.6) is 0 Å². The van der Waals surface area contributed by atoms with Crippen molar-refractivity contribution in [2.45, 2.75) is 25.4 Å². The molecule has 0 rings (SSSR count). The van der Waals surface area contributed by atoms with E-state index in [4.69, 9.17) is 24.2 Å². The first kappa shape index (κ1) is 11.0. The van der Waals surface area contributed by atoms with E-state index in [9.17, 15) is 24.0 Å². The fourth-order valence-electron chi connectivity index (χ4n) is 0.950. The maximum atomic E-state index is 12.1. The number of amides is 3. The minimum absolute atomic E-state index is 0.680. The summed E-state index contributed by atoms with van der Waals surface area (Å²) in [6, 6.07) is -5.89. The van der Waals surface area contributed by atoms with Crippen LogP contribution >= 0.6 is 0 Å². The molecule has 0 aromatic rings. The van der Waals surface area contributed by atoms with Crippen LogP contribution in [0.3, 0.4) is 0 Å². The molecule has 11 heteroatoms. The number of carboxylic acid groups (broad SMARTS) is 2. The average molecular weight is 324 g/mol. The van der Waals surface area contributed by atoms with E-state index in [1.54, 1.807) is 0 Å². The summed E-state index contributed by atoms with van der Waals surface area (Å²) in [4.78, 5) is 57.3. The highest BCUT2D eigenvalue weighted by atomic mass is 16.4. The predicted molar refractivity (Wildman–Crippen MR) is 71.5 cm³/mol. The highest BCUT2D eigenvalue weighted by Crippen LogP contribution is 1.95. The van der Waals surface area contributed by atoms with Crippen molar-refractivity contribution in [3.63, 3.8) is 0 Å². The zero-order chi connectivity index (χ0) is 22.7. The molecular weight excluding hydrogens is 300 g/mol. The monoisotopic (exact) mass is 324 g/mol. The largest absolute Gasteiger partial charge is 0.481 e. The van der Waals surface area contributed by atoms with Gasteiger partial charge in [-0.3, -0.25) is 24.0 Å². The summed E-state index contributed by atoms with van der Waals surface area (Å²) in [5.74, 6) is -9.17. The van der Waals surface area contributed by atoms with Crippen LogP contribution in [0.4, 0.5) is 0 Å². The minimum Gasteiger partial charge on any atom is -0.481 e. The molecule has 0 aliphatic rings. The van der Waals surface area contributed by atoms with Crippen LogP contribution in [0.2, 0.25) is 0 Å². The number of aliphatic carboxylic acids is 2. The number of nitrogens with one attached hydrogen (secondary N) is 3. The Morgan fingerprint density at radius 1 is 1.18 bits per heavy atom. The molecule has 0 saturated heterocycles. The van der Waals surface area contributed by atoms with Gasteiger partial charge in [0.2, 0.25) is 17.7 Å². The molecule has 0 spiro atoms. The Morgan fingerprint density at radius 3 is 2.23 bits per heavy atom. The van der Waals surface area contributed by atoms with E-state index >= 15 is 0 Å². The van der Waals surface area contributed by atoms with Gasteiger partial charge in [-0.05, 0) is 6.92 Å². The highest BCUT2D eigenvalue weighted by Gasteiger charge is 2.26. The topological polar surface area (TPSA) is 188 Å². The van der Waals surface area contributed by atoms with Crippen molar-refractivity contribution < 1.29 is 42.4 Å². The Bertz CT molecular complexity index is 695. The quantitative estimate of drug-likeness (QED) is 0.253. The second kappa shape index (κ2) is 9.28. The first-order chi connectivity index (χ1) is 12.2. The van der Waals surface area contributed by atoms with E-state index in [-0.39, 0.29) is 0 Å². The van der Waals surface area contributed by atoms with Crippen LogP contribution in [0.15, 0.2) is 0 Å². The van der Waals surface area contributed by atoms with Gasteiger partial charge in [0, 0.05) is 0 Å². The van der Waals surface area contributed by atoms with Crippen LogP contribution < -0.4 is 21.7 Å². The van der Waals surface area contributed by atoms with Crippen LogP contribution in [-0.4, -0.2) is 64.9 Å². The number of nitrogens with two attached hydrogens (primary N) is 1. The average Bonchev–Trinajstić information content (AvgIpc) is 2.43. The molecule has 0 aromatic heterocycles. The summed E-state index contributed by atoms with van der Waals surface area (Å²) < 4.78 is 43.8. The Kier molecular flexibility index (Phi) is 4.62. The molecule has 7 N–H and O–H groups in total. The van der Waals surface area contributed by atoms with Gasteiger partial charge in [0.15, 0.2) is 0 Å². The van der Waals surface area contributed by atoms with E-state index < -0.39 is 61.1 Å². The Hall–Kier alpha value is -2.69. The molecule has 0 aliphatic carbocycles. The Labute approximate surface area is 133 Å². The van der Waals surface area contributed by atoms with E-state index in [1.807, 2.05) is 0 Å². The van der Waals surface area contributed by atoms with Gasteiger partial charge in [-0.25, -0.2) is 0 Å². The molecular formula is C11H18N4O7. The SMILES string of the molecule is [2H]C([2H])(N)C(=O)NC([2H])([2H])C(=O)N[C@@]([2H])(CC(=O)O)C(=O)N[C@@]([2H])(C)C(=O)O. The van der Waals surface area contributed by atoms with Crippen molar-refractivity contribution in [3.8, 4) is 0 Å². The number of hydrogen-bond acceptors (Lipinski definition) is 6. The van der Waals surface area contributed by atoms with Gasteiger partial charge in [0.1, 0.15) is 12.0 Å². The normalized spacial score (nSPS) is 20.8. The van der Waals surface area contributed by atoms with Crippen molar-refractivity contribution in [2.24, 2.45) is 5.73 Å². The van der Waals surface area contributed by atoms with Crippen molar-refractivity contribution in [1.82, 2.24) is 16.0 Å². The zero-order valence-corrected chi connectivity index (χ0v) is 11.2. The lowest BCUT2D eigenvalue weighted by Crippen LogP contribution is -2.53. The molecule has 11 nitrogen and oxygen atoms in total. The molecule has 0 aromatic carbocycles. The fraction of sp³-hybridized carbons (Fsp3) is 0.545. The molecule has 0 fully saturated rings. The fourth-order valence-corrected chi connectivity index (χ4v) is 0.950. The molecule has 124 valence electrons. The number of hydrogen-bond donors (Lipinski definition) is 6. The number of rotatable bonds is 9. The molecule has 0 aliphatic heterocycles. The van der Waals surface area contributed by atoms with Gasteiger partial charge in [0.25, 0.3) is 0 Å². The lowest BCUT2D eigenvalue weighted by Gasteiger charge is -2.18. The van der Waals surface area contributed by atoms with Crippen LogP contribution in [0.1, 0.15) is 21.6 Å². The van der Waals surface area contributed by atoms with E-state index in [1.165, 1.54) is 16.0 Å². The zero-order valence-electron chi connectivity index (χ0n) is 17.2.